The van der Waals surface area contributed by atoms with Gasteiger partial charge >= 0.3 is 0 Å². The highest BCUT2D eigenvalue weighted by molar-refractivity contribution is 5.85. The third-order valence-electron chi connectivity index (χ3n) is 3.47. The summed E-state index contributed by atoms with van der Waals surface area (Å²) < 4.78 is 0. The zero-order chi connectivity index (χ0) is 13.1. The molecule has 19 heavy (non-hydrogen) atoms. The molecule has 0 bridgehead atoms. The summed E-state index contributed by atoms with van der Waals surface area (Å²) in [4.78, 5) is 0. The molecule has 0 saturated heterocycles. The van der Waals surface area contributed by atoms with E-state index in [0.717, 1.165) is 6.54 Å². The van der Waals surface area contributed by atoms with Gasteiger partial charge in [-0.15, -0.1) is 12.4 Å². The summed E-state index contributed by atoms with van der Waals surface area (Å²) in [5.41, 5.74) is 1.45. The number of halogens is 1. The maximum absolute atomic E-state index is 3.71. The van der Waals surface area contributed by atoms with Crippen molar-refractivity contribution in [3.63, 3.8) is 0 Å². The van der Waals surface area contributed by atoms with Crippen LogP contribution < -0.4 is 5.32 Å². The molecule has 0 aromatic heterocycles. The first kappa shape index (κ1) is 18.5. The van der Waals surface area contributed by atoms with Crippen LogP contribution in [0.4, 0.5) is 0 Å². The second-order valence-electron chi connectivity index (χ2n) is 5.12. The number of unbranched alkanes of at least 4 members (excludes halogenated alkanes) is 4. The Balaban J connectivity index is 0.00000324. The van der Waals surface area contributed by atoms with Crippen LogP contribution in [-0.2, 0) is 0 Å². The summed E-state index contributed by atoms with van der Waals surface area (Å²) in [6.07, 6.45) is 9.22. The Labute approximate surface area is 125 Å². The van der Waals surface area contributed by atoms with Crippen LogP contribution in [0.25, 0.3) is 0 Å². The van der Waals surface area contributed by atoms with Crippen LogP contribution >= 0.6 is 12.4 Å². The fourth-order valence-electron chi connectivity index (χ4n) is 2.30. The molecule has 110 valence electrons. The van der Waals surface area contributed by atoms with Crippen LogP contribution in [0.15, 0.2) is 30.3 Å². The SMILES string of the molecule is CCCCCCC(NCCCC)c1ccccc1.Cl. The van der Waals surface area contributed by atoms with E-state index in [1.807, 2.05) is 0 Å². The predicted octanol–water partition coefficient (Wildman–Crippen LogP) is 5.51. The minimum atomic E-state index is 0. The van der Waals surface area contributed by atoms with Gasteiger partial charge in [0, 0.05) is 6.04 Å². The van der Waals surface area contributed by atoms with E-state index < -0.39 is 0 Å². The van der Waals surface area contributed by atoms with Gasteiger partial charge < -0.3 is 5.32 Å². The molecule has 0 aliphatic carbocycles. The van der Waals surface area contributed by atoms with E-state index in [9.17, 15) is 0 Å². The Morgan fingerprint density at radius 3 is 2.21 bits per heavy atom. The van der Waals surface area contributed by atoms with E-state index in [1.54, 1.807) is 0 Å². The number of rotatable bonds is 10. The summed E-state index contributed by atoms with van der Waals surface area (Å²) in [6.45, 7) is 5.67. The topological polar surface area (TPSA) is 12.0 Å². The quantitative estimate of drug-likeness (QED) is 0.558. The largest absolute Gasteiger partial charge is 0.310 e. The lowest BCUT2D eigenvalue weighted by molar-refractivity contribution is 0.464. The molecule has 0 aliphatic heterocycles. The molecule has 0 radical (unpaired) electrons. The number of hydrogen-bond acceptors (Lipinski definition) is 1. The molecule has 0 heterocycles. The van der Waals surface area contributed by atoms with Crippen molar-refractivity contribution in [1.82, 2.24) is 5.32 Å². The van der Waals surface area contributed by atoms with Crippen LogP contribution in [0.1, 0.15) is 70.4 Å². The van der Waals surface area contributed by atoms with Crippen molar-refractivity contribution < 1.29 is 0 Å². The van der Waals surface area contributed by atoms with Crippen LogP contribution in [0.5, 0.6) is 0 Å². The number of benzene rings is 1. The fourth-order valence-corrected chi connectivity index (χ4v) is 2.30. The molecule has 2 heteroatoms. The standard InChI is InChI=1S/C17H29N.ClH/c1-3-5-7-11-14-17(18-15-6-4-2)16-12-9-8-10-13-16;/h8-10,12-13,17-18H,3-7,11,14-15H2,1-2H3;1H. The number of hydrogen-bond donors (Lipinski definition) is 1. The molecule has 0 amide bonds. The summed E-state index contributed by atoms with van der Waals surface area (Å²) in [5.74, 6) is 0. The molecule has 0 aliphatic rings. The lowest BCUT2D eigenvalue weighted by Gasteiger charge is -2.19. The molecule has 1 unspecified atom stereocenters. The summed E-state index contributed by atoms with van der Waals surface area (Å²) >= 11 is 0. The molecule has 1 N–H and O–H groups in total. The van der Waals surface area contributed by atoms with Crippen LogP contribution in [0.2, 0.25) is 0 Å². The Morgan fingerprint density at radius 2 is 1.58 bits per heavy atom. The van der Waals surface area contributed by atoms with E-state index in [1.165, 1.54) is 50.5 Å². The number of nitrogens with one attached hydrogen (secondary N) is 1. The molecule has 0 fully saturated rings. The fraction of sp³-hybridized carbons (Fsp3) is 0.647. The Kier molecular flexibility index (Phi) is 12.2. The van der Waals surface area contributed by atoms with Crippen LogP contribution in [0.3, 0.4) is 0 Å². The zero-order valence-electron chi connectivity index (χ0n) is 12.5. The normalized spacial score (nSPS) is 11.9. The van der Waals surface area contributed by atoms with Crippen molar-refractivity contribution in [2.24, 2.45) is 0 Å². The van der Waals surface area contributed by atoms with Crippen molar-refractivity contribution in [2.75, 3.05) is 6.54 Å². The molecule has 1 rings (SSSR count). The molecule has 0 spiro atoms. The second kappa shape index (κ2) is 12.5. The predicted molar refractivity (Wildman–Crippen MR) is 88.1 cm³/mol. The van der Waals surface area contributed by atoms with E-state index in [4.69, 9.17) is 0 Å². The van der Waals surface area contributed by atoms with E-state index in [2.05, 4.69) is 49.5 Å². The van der Waals surface area contributed by atoms with Gasteiger partial charge in [0.25, 0.3) is 0 Å². The average molecular weight is 284 g/mol. The zero-order valence-corrected chi connectivity index (χ0v) is 13.3. The van der Waals surface area contributed by atoms with Gasteiger partial charge in [-0.3, -0.25) is 0 Å². The van der Waals surface area contributed by atoms with E-state index >= 15 is 0 Å². The van der Waals surface area contributed by atoms with Gasteiger partial charge in [0.15, 0.2) is 0 Å². The molecule has 1 atom stereocenters. The van der Waals surface area contributed by atoms with Gasteiger partial charge in [-0.1, -0.05) is 76.3 Å². The van der Waals surface area contributed by atoms with Crippen molar-refractivity contribution in [3.8, 4) is 0 Å². The van der Waals surface area contributed by atoms with Gasteiger partial charge in [-0.2, -0.15) is 0 Å². The highest BCUT2D eigenvalue weighted by Gasteiger charge is 2.09. The molecule has 1 aromatic carbocycles. The first-order valence-corrected chi connectivity index (χ1v) is 7.66. The highest BCUT2D eigenvalue weighted by atomic mass is 35.5. The molecule has 1 nitrogen and oxygen atoms in total. The molecule has 1 aromatic rings. The van der Waals surface area contributed by atoms with E-state index in [-0.39, 0.29) is 12.4 Å². The maximum Gasteiger partial charge on any atom is 0.0320 e. The van der Waals surface area contributed by atoms with Crippen LogP contribution in [-0.4, -0.2) is 6.54 Å². The molecule has 0 saturated carbocycles. The van der Waals surface area contributed by atoms with E-state index in [0.29, 0.717) is 6.04 Å². The van der Waals surface area contributed by atoms with Gasteiger partial charge in [0.05, 0.1) is 0 Å². The Bertz CT molecular complexity index is 287. The van der Waals surface area contributed by atoms with Crippen molar-refractivity contribution in [2.45, 2.75) is 64.8 Å². The van der Waals surface area contributed by atoms with Gasteiger partial charge in [0.1, 0.15) is 0 Å². The van der Waals surface area contributed by atoms with Crippen molar-refractivity contribution in [3.05, 3.63) is 35.9 Å². The van der Waals surface area contributed by atoms with Crippen molar-refractivity contribution >= 4 is 12.4 Å². The molecular formula is C17H30ClN. The van der Waals surface area contributed by atoms with Crippen molar-refractivity contribution in [1.29, 1.82) is 0 Å². The second-order valence-corrected chi connectivity index (χ2v) is 5.12. The smallest absolute Gasteiger partial charge is 0.0320 e. The van der Waals surface area contributed by atoms with Gasteiger partial charge in [-0.25, -0.2) is 0 Å². The highest BCUT2D eigenvalue weighted by Crippen LogP contribution is 2.20. The van der Waals surface area contributed by atoms with Crippen LogP contribution in [0, 0.1) is 0 Å². The maximum atomic E-state index is 3.71. The Hall–Kier alpha value is -0.530. The van der Waals surface area contributed by atoms with Gasteiger partial charge in [0.2, 0.25) is 0 Å². The third kappa shape index (κ3) is 8.28. The minimum absolute atomic E-state index is 0. The third-order valence-corrected chi connectivity index (χ3v) is 3.47. The molecular weight excluding hydrogens is 254 g/mol. The Morgan fingerprint density at radius 1 is 0.895 bits per heavy atom. The lowest BCUT2D eigenvalue weighted by Crippen LogP contribution is -2.22. The average Bonchev–Trinajstić information content (AvgIpc) is 2.42. The summed E-state index contributed by atoms with van der Waals surface area (Å²) in [6, 6.07) is 11.5. The minimum Gasteiger partial charge on any atom is -0.310 e. The summed E-state index contributed by atoms with van der Waals surface area (Å²) in [5, 5.41) is 3.71. The van der Waals surface area contributed by atoms with Gasteiger partial charge in [-0.05, 0) is 24.9 Å². The lowest BCUT2D eigenvalue weighted by atomic mass is 10.00. The first-order chi connectivity index (χ1) is 8.88. The first-order valence-electron chi connectivity index (χ1n) is 7.66. The monoisotopic (exact) mass is 283 g/mol. The summed E-state index contributed by atoms with van der Waals surface area (Å²) in [7, 11) is 0.